The summed E-state index contributed by atoms with van der Waals surface area (Å²) in [5, 5.41) is 6.48. The van der Waals surface area contributed by atoms with E-state index in [4.69, 9.17) is 0 Å². The van der Waals surface area contributed by atoms with Crippen LogP contribution in [0.5, 0.6) is 0 Å². The van der Waals surface area contributed by atoms with Gasteiger partial charge in [0.1, 0.15) is 5.69 Å². The average molecular weight is 207 g/mol. The Morgan fingerprint density at radius 2 is 2.40 bits per heavy atom. The van der Waals surface area contributed by atoms with Crippen molar-refractivity contribution < 1.29 is 4.79 Å². The normalized spacial score (nSPS) is 9.67. The lowest BCUT2D eigenvalue weighted by molar-refractivity contribution is 0.0947. The van der Waals surface area contributed by atoms with Crippen LogP contribution in [0.25, 0.3) is 0 Å². The summed E-state index contributed by atoms with van der Waals surface area (Å²) in [4.78, 5) is 22.5. The Kier molecular flexibility index (Phi) is 3.79. The molecule has 1 aromatic rings. The molecule has 0 spiro atoms. The van der Waals surface area contributed by atoms with Crippen molar-refractivity contribution >= 4 is 5.91 Å². The first-order valence-corrected chi connectivity index (χ1v) is 4.58. The number of rotatable bonds is 4. The molecular formula is C10H13N3O2. The zero-order valence-electron chi connectivity index (χ0n) is 8.56. The van der Waals surface area contributed by atoms with Crippen LogP contribution in [0.1, 0.15) is 16.9 Å². The maximum atomic E-state index is 11.5. The van der Waals surface area contributed by atoms with E-state index in [1.807, 2.05) is 0 Å². The standard InChI is InChI=1S/C10H13N3O2/c1-3-4-7-11-10(15)8-5-6-9(14)13(2)12-8/h3,5-6H,1,4,7H2,2H3,(H,11,15). The van der Waals surface area contributed by atoms with Crippen molar-refractivity contribution in [1.82, 2.24) is 15.1 Å². The first kappa shape index (κ1) is 11.2. The molecule has 1 aromatic heterocycles. The summed E-state index contributed by atoms with van der Waals surface area (Å²) < 4.78 is 1.13. The zero-order valence-corrected chi connectivity index (χ0v) is 8.56. The van der Waals surface area contributed by atoms with Crippen molar-refractivity contribution in [3.05, 3.63) is 40.8 Å². The van der Waals surface area contributed by atoms with E-state index in [-0.39, 0.29) is 17.2 Å². The molecule has 1 amide bonds. The number of carbonyl (C=O) groups excluding carboxylic acids is 1. The number of hydrogen-bond acceptors (Lipinski definition) is 3. The topological polar surface area (TPSA) is 64.0 Å². The summed E-state index contributed by atoms with van der Waals surface area (Å²) in [5.74, 6) is -0.285. The third kappa shape index (κ3) is 3.05. The fraction of sp³-hybridized carbons (Fsp3) is 0.300. The predicted octanol–water partition coefficient (Wildman–Crippen LogP) is 0.0862. The van der Waals surface area contributed by atoms with Gasteiger partial charge in [0, 0.05) is 19.7 Å². The van der Waals surface area contributed by atoms with Crippen LogP contribution in [0.2, 0.25) is 0 Å². The van der Waals surface area contributed by atoms with Gasteiger partial charge in [0.25, 0.3) is 11.5 Å². The molecule has 5 heteroatoms. The van der Waals surface area contributed by atoms with Crippen LogP contribution >= 0.6 is 0 Å². The molecule has 1 heterocycles. The quantitative estimate of drug-likeness (QED) is 0.562. The highest BCUT2D eigenvalue weighted by atomic mass is 16.2. The van der Waals surface area contributed by atoms with Gasteiger partial charge in [-0.25, -0.2) is 4.68 Å². The molecule has 0 aliphatic rings. The third-order valence-corrected chi connectivity index (χ3v) is 1.83. The number of hydrogen-bond donors (Lipinski definition) is 1. The Morgan fingerprint density at radius 1 is 1.67 bits per heavy atom. The lowest BCUT2D eigenvalue weighted by Crippen LogP contribution is -2.28. The van der Waals surface area contributed by atoms with Crippen LogP contribution in [0, 0.1) is 0 Å². The number of nitrogens with zero attached hydrogens (tertiary/aromatic N) is 2. The molecular weight excluding hydrogens is 194 g/mol. The fourth-order valence-electron chi connectivity index (χ4n) is 1.00. The Labute approximate surface area is 87.4 Å². The molecule has 0 saturated carbocycles. The van der Waals surface area contributed by atoms with Crippen molar-refractivity contribution in [3.8, 4) is 0 Å². The molecule has 0 aromatic carbocycles. The molecule has 15 heavy (non-hydrogen) atoms. The number of aryl methyl sites for hydroxylation is 1. The molecule has 0 aliphatic heterocycles. The largest absolute Gasteiger partial charge is 0.350 e. The van der Waals surface area contributed by atoms with E-state index >= 15 is 0 Å². The lowest BCUT2D eigenvalue weighted by atomic mass is 10.3. The summed E-state index contributed by atoms with van der Waals surface area (Å²) in [5.41, 5.74) is -0.00111. The van der Waals surface area contributed by atoms with Crippen LogP contribution in [0.3, 0.4) is 0 Å². The molecule has 0 bridgehead atoms. The van der Waals surface area contributed by atoms with E-state index in [2.05, 4.69) is 17.0 Å². The van der Waals surface area contributed by atoms with Gasteiger partial charge in [0.15, 0.2) is 0 Å². The molecule has 0 unspecified atom stereocenters. The van der Waals surface area contributed by atoms with Gasteiger partial charge in [-0.2, -0.15) is 5.10 Å². The number of carbonyl (C=O) groups is 1. The monoisotopic (exact) mass is 207 g/mol. The maximum Gasteiger partial charge on any atom is 0.271 e. The number of amides is 1. The van der Waals surface area contributed by atoms with E-state index in [9.17, 15) is 9.59 Å². The summed E-state index contributed by atoms with van der Waals surface area (Å²) in [6.07, 6.45) is 2.42. The summed E-state index contributed by atoms with van der Waals surface area (Å²) in [7, 11) is 1.50. The Hall–Kier alpha value is -1.91. The first-order valence-electron chi connectivity index (χ1n) is 4.58. The molecule has 1 rings (SSSR count). The average Bonchev–Trinajstić information content (AvgIpc) is 2.22. The molecule has 0 atom stereocenters. The molecule has 0 radical (unpaired) electrons. The van der Waals surface area contributed by atoms with Gasteiger partial charge in [-0.1, -0.05) is 6.08 Å². The van der Waals surface area contributed by atoms with Crippen LogP contribution in [0.4, 0.5) is 0 Å². The second kappa shape index (κ2) is 5.09. The molecule has 5 nitrogen and oxygen atoms in total. The Balaban J connectivity index is 2.70. The van der Waals surface area contributed by atoms with Crippen LogP contribution in [-0.4, -0.2) is 22.2 Å². The van der Waals surface area contributed by atoms with E-state index in [1.54, 1.807) is 6.08 Å². The molecule has 0 saturated heterocycles. The lowest BCUT2D eigenvalue weighted by Gasteiger charge is -2.03. The van der Waals surface area contributed by atoms with E-state index < -0.39 is 0 Å². The maximum absolute atomic E-state index is 11.5. The van der Waals surface area contributed by atoms with E-state index in [0.29, 0.717) is 13.0 Å². The van der Waals surface area contributed by atoms with Crippen molar-refractivity contribution in [2.24, 2.45) is 7.05 Å². The zero-order chi connectivity index (χ0) is 11.3. The van der Waals surface area contributed by atoms with E-state index in [0.717, 1.165) is 4.68 Å². The van der Waals surface area contributed by atoms with Gasteiger partial charge in [-0.05, 0) is 12.5 Å². The van der Waals surface area contributed by atoms with Crippen molar-refractivity contribution in [2.75, 3.05) is 6.54 Å². The number of aromatic nitrogens is 2. The van der Waals surface area contributed by atoms with Crippen molar-refractivity contribution in [2.45, 2.75) is 6.42 Å². The summed E-state index contributed by atoms with van der Waals surface area (Å²) >= 11 is 0. The smallest absolute Gasteiger partial charge is 0.271 e. The SMILES string of the molecule is C=CCCNC(=O)c1ccc(=O)n(C)n1. The Morgan fingerprint density at radius 3 is 3.00 bits per heavy atom. The third-order valence-electron chi connectivity index (χ3n) is 1.83. The van der Waals surface area contributed by atoms with Crippen molar-refractivity contribution in [1.29, 1.82) is 0 Å². The second-order valence-corrected chi connectivity index (χ2v) is 3.01. The summed E-state index contributed by atoms with van der Waals surface area (Å²) in [6.45, 7) is 4.06. The van der Waals surface area contributed by atoms with Gasteiger partial charge in [-0.15, -0.1) is 6.58 Å². The fourth-order valence-corrected chi connectivity index (χ4v) is 1.00. The van der Waals surface area contributed by atoms with Gasteiger partial charge < -0.3 is 5.32 Å². The minimum atomic E-state index is -0.285. The molecule has 0 aliphatic carbocycles. The van der Waals surface area contributed by atoms with Crippen LogP contribution in [-0.2, 0) is 7.05 Å². The van der Waals surface area contributed by atoms with Gasteiger partial charge in [-0.3, -0.25) is 9.59 Å². The Bertz CT molecular complexity index is 423. The number of nitrogens with one attached hydrogen (secondary N) is 1. The minimum Gasteiger partial charge on any atom is -0.350 e. The summed E-state index contributed by atoms with van der Waals surface area (Å²) in [6, 6.07) is 2.72. The van der Waals surface area contributed by atoms with Crippen LogP contribution < -0.4 is 10.9 Å². The van der Waals surface area contributed by atoms with Gasteiger partial charge in [0.05, 0.1) is 0 Å². The highest BCUT2D eigenvalue weighted by Gasteiger charge is 2.06. The van der Waals surface area contributed by atoms with Gasteiger partial charge in [0.2, 0.25) is 0 Å². The first-order chi connectivity index (χ1) is 7.15. The van der Waals surface area contributed by atoms with E-state index in [1.165, 1.54) is 19.2 Å². The minimum absolute atomic E-state index is 0.237. The molecule has 1 N–H and O–H groups in total. The highest BCUT2D eigenvalue weighted by Crippen LogP contribution is 1.89. The van der Waals surface area contributed by atoms with Gasteiger partial charge >= 0.3 is 0 Å². The van der Waals surface area contributed by atoms with Crippen LogP contribution in [0.15, 0.2) is 29.6 Å². The predicted molar refractivity (Wildman–Crippen MR) is 56.6 cm³/mol. The van der Waals surface area contributed by atoms with Crippen molar-refractivity contribution in [3.63, 3.8) is 0 Å². The molecule has 80 valence electrons. The molecule has 0 fully saturated rings. The highest BCUT2D eigenvalue weighted by molar-refractivity contribution is 5.91. The second-order valence-electron chi connectivity index (χ2n) is 3.01.